The van der Waals surface area contributed by atoms with E-state index in [-0.39, 0.29) is 31.9 Å². The highest BCUT2D eigenvalue weighted by molar-refractivity contribution is 7.93. The molecule has 0 radical (unpaired) electrons. The molecule has 11 heteroatoms. The first-order valence-corrected chi connectivity index (χ1v) is 9.98. The van der Waals surface area contributed by atoms with Crippen LogP contribution < -0.4 is 4.31 Å². The van der Waals surface area contributed by atoms with Crippen molar-refractivity contribution in [2.75, 3.05) is 4.31 Å². The van der Waals surface area contributed by atoms with Crippen LogP contribution in [-0.2, 0) is 14.8 Å². The van der Waals surface area contributed by atoms with Crippen LogP contribution in [0.2, 0.25) is 10.0 Å². The van der Waals surface area contributed by atoms with E-state index in [2.05, 4.69) is 0 Å². The molecule has 0 aromatic heterocycles. The molecule has 0 aliphatic rings. The zero-order valence-electron chi connectivity index (χ0n) is 14.0. The van der Waals surface area contributed by atoms with E-state index in [1.54, 1.807) is 0 Å². The fraction of sp³-hybridized carbons (Fsp3) is 0.188. The van der Waals surface area contributed by atoms with Crippen LogP contribution in [-0.4, -0.2) is 24.6 Å². The Balaban J connectivity index is 2.70. The van der Waals surface area contributed by atoms with Gasteiger partial charge in [-0.1, -0.05) is 23.2 Å². The highest BCUT2D eigenvalue weighted by Crippen LogP contribution is 2.33. The van der Waals surface area contributed by atoms with E-state index in [9.17, 15) is 23.3 Å². The molecular formula is C16H13Cl3N2O5S. The average Bonchev–Trinajstić information content (AvgIpc) is 2.58. The topological polar surface area (TPSA) is 97.6 Å². The van der Waals surface area contributed by atoms with Gasteiger partial charge in [0.15, 0.2) is 0 Å². The third kappa shape index (κ3) is 4.35. The molecule has 0 bridgehead atoms. The fourth-order valence-corrected chi connectivity index (χ4v) is 4.62. The molecule has 27 heavy (non-hydrogen) atoms. The zero-order chi connectivity index (χ0) is 20.5. The van der Waals surface area contributed by atoms with Crippen molar-refractivity contribution in [1.82, 2.24) is 0 Å². The van der Waals surface area contributed by atoms with Gasteiger partial charge in [-0.05, 0) is 55.3 Å². The van der Waals surface area contributed by atoms with Gasteiger partial charge < -0.3 is 0 Å². The van der Waals surface area contributed by atoms with Crippen LogP contribution in [0, 0.1) is 17.0 Å². The van der Waals surface area contributed by atoms with E-state index in [1.807, 2.05) is 0 Å². The number of sulfonamides is 1. The predicted molar refractivity (Wildman–Crippen MR) is 104 cm³/mol. The monoisotopic (exact) mass is 450 g/mol. The van der Waals surface area contributed by atoms with E-state index < -0.39 is 26.2 Å². The number of anilines is 1. The molecule has 2 aromatic rings. The molecule has 0 aliphatic heterocycles. The summed E-state index contributed by atoms with van der Waals surface area (Å²) in [4.78, 5) is 21.9. The molecule has 0 amide bonds. The molecule has 0 spiro atoms. The Morgan fingerprint density at radius 2 is 1.78 bits per heavy atom. The number of nitro benzene ring substituents is 1. The molecule has 7 nitrogen and oxygen atoms in total. The van der Waals surface area contributed by atoms with Gasteiger partial charge in [0.1, 0.15) is 6.04 Å². The number of benzene rings is 2. The van der Waals surface area contributed by atoms with E-state index in [1.165, 1.54) is 38.1 Å². The van der Waals surface area contributed by atoms with Crippen LogP contribution in [0.15, 0.2) is 41.3 Å². The lowest BCUT2D eigenvalue weighted by atomic mass is 10.1. The summed E-state index contributed by atoms with van der Waals surface area (Å²) in [6.07, 6.45) is 0. The molecule has 1 atom stereocenters. The minimum absolute atomic E-state index is 0.0166. The van der Waals surface area contributed by atoms with E-state index in [4.69, 9.17) is 34.8 Å². The summed E-state index contributed by atoms with van der Waals surface area (Å²) in [5, 5.41) is 10.2. The first-order valence-electron chi connectivity index (χ1n) is 7.40. The van der Waals surface area contributed by atoms with Gasteiger partial charge in [0.05, 0.1) is 25.6 Å². The lowest BCUT2D eigenvalue weighted by molar-refractivity contribution is -0.384. The molecule has 1 unspecified atom stereocenters. The molecule has 0 aliphatic carbocycles. The normalized spacial score (nSPS) is 12.5. The van der Waals surface area contributed by atoms with Gasteiger partial charge in [0.25, 0.3) is 15.7 Å². The molecule has 2 rings (SSSR count). The molecule has 0 fully saturated rings. The Morgan fingerprint density at radius 1 is 1.15 bits per heavy atom. The molecular weight excluding hydrogens is 439 g/mol. The first-order chi connectivity index (χ1) is 12.5. The van der Waals surface area contributed by atoms with E-state index in [0.29, 0.717) is 0 Å². The number of hydrogen-bond acceptors (Lipinski definition) is 5. The van der Waals surface area contributed by atoms with Crippen molar-refractivity contribution in [2.24, 2.45) is 0 Å². The third-order valence-corrected chi connectivity index (χ3v) is 6.69. The maximum Gasteiger partial charge on any atom is 0.269 e. The van der Waals surface area contributed by atoms with Crippen molar-refractivity contribution in [3.8, 4) is 0 Å². The number of halogens is 3. The molecule has 0 saturated heterocycles. The van der Waals surface area contributed by atoms with Gasteiger partial charge in [-0.3, -0.25) is 19.2 Å². The Kier molecular flexibility index (Phi) is 6.36. The standard InChI is InChI=1S/C16H13Cl3N2O5S/c1-9-7-11(21(23)24)3-6-15(9)20(10(2)16(19)22)27(25,26)12-4-5-13(17)14(18)8-12/h3-8,10H,1-2H3. The minimum atomic E-state index is -4.28. The maximum atomic E-state index is 13.2. The fourth-order valence-electron chi connectivity index (χ4n) is 2.39. The van der Waals surface area contributed by atoms with Gasteiger partial charge in [-0.15, -0.1) is 0 Å². The van der Waals surface area contributed by atoms with E-state index in [0.717, 1.165) is 16.4 Å². The van der Waals surface area contributed by atoms with Crippen molar-refractivity contribution in [2.45, 2.75) is 24.8 Å². The number of non-ortho nitro benzene ring substituents is 1. The summed E-state index contributed by atoms with van der Waals surface area (Å²) < 4.78 is 27.2. The van der Waals surface area contributed by atoms with E-state index >= 15 is 0 Å². The second-order valence-electron chi connectivity index (χ2n) is 5.58. The summed E-state index contributed by atoms with van der Waals surface area (Å²) in [5.74, 6) is 0. The van der Waals surface area contributed by atoms with Gasteiger partial charge in [-0.25, -0.2) is 8.42 Å². The Bertz CT molecular complexity index is 1030. The first kappa shape index (κ1) is 21.4. The quantitative estimate of drug-likeness (QED) is 0.364. The molecule has 144 valence electrons. The number of rotatable bonds is 6. The zero-order valence-corrected chi connectivity index (χ0v) is 17.1. The van der Waals surface area contributed by atoms with Gasteiger partial charge >= 0.3 is 0 Å². The molecule has 0 saturated carbocycles. The molecule has 0 N–H and O–H groups in total. The lowest BCUT2D eigenvalue weighted by Crippen LogP contribution is -2.42. The minimum Gasteiger partial charge on any atom is -0.279 e. The second kappa shape index (κ2) is 8.02. The van der Waals surface area contributed by atoms with Crippen molar-refractivity contribution in [3.63, 3.8) is 0 Å². The van der Waals surface area contributed by atoms with Crippen molar-refractivity contribution < 1.29 is 18.1 Å². The maximum absolute atomic E-state index is 13.2. The second-order valence-corrected chi connectivity index (χ2v) is 8.59. The number of nitrogens with zero attached hydrogens (tertiary/aromatic N) is 2. The van der Waals surface area contributed by atoms with Crippen LogP contribution >= 0.6 is 34.8 Å². The van der Waals surface area contributed by atoms with Crippen LogP contribution in [0.1, 0.15) is 12.5 Å². The number of carbonyl (C=O) groups excluding carboxylic acids is 1. The summed E-state index contributed by atoms with van der Waals surface area (Å²) in [6, 6.07) is 6.03. The molecule has 2 aromatic carbocycles. The van der Waals surface area contributed by atoms with Gasteiger partial charge in [0, 0.05) is 12.1 Å². The average molecular weight is 452 g/mol. The third-order valence-electron chi connectivity index (χ3n) is 3.76. The van der Waals surface area contributed by atoms with Crippen LogP contribution in [0.4, 0.5) is 11.4 Å². The van der Waals surface area contributed by atoms with Crippen molar-refractivity contribution in [3.05, 3.63) is 62.1 Å². The predicted octanol–water partition coefficient (Wildman–Crippen LogP) is 4.56. The number of aryl methyl sites for hydroxylation is 1. The highest BCUT2D eigenvalue weighted by Gasteiger charge is 2.34. The SMILES string of the molecule is Cc1cc([N+](=O)[O-])ccc1N(C(C)C(=O)Cl)S(=O)(=O)c1ccc(Cl)c(Cl)c1. The van der Waals surface area contributed by atoms with Gasteiger partial charge in [-0.2, -0.15) is 0 Å². The number of hydrogen-bond donors (Lipinski definition) is 0. The largest absolute Gasteiger partial charge is 0.279 e. The number of carbonyl (C=O) groups is 1. The Labute approximate surface area is 170 Å². The van der Waals surface area contributed by atoms with Crippen molar-refractivity contribution >= 4 is 61.4 Å². The Hall–Kier alpha value is -1.87. The van der Waals surface area contributed by atoms with Gasteiger partial charge in [0.2, 0.25) is 5.24 Å². The number of nitro groups is 1. The Morgan fingerprint density at radius 3 is 2.26 bits per heavy atom. The summed E-state index contributed by atoms with van der Waals surface area (Å²) >= 11 is 17.3. The highest BCUT2D eigenvalue weighted by atomic mass is 35.5. The van der Waals surface area contributed by atoms with Crippen LogP contribution in [0.5, 0.6) is 0 Å². The summed E-state index contributed by atoms with van der Waals surface area (Å²) in [6.45, 7) is 2.80. The smallest absolute Gasteiger partial charge is 0.269 e. The van der Waals surface area contributed by atoms with Crippen molar-refractivity contribution in [1.29, 1.82) is 0 Å². The lowest BCUT2D eigenvalue weighted by Gasteiger charge is -2.29. The molecule has 0 heterocycles. The van der Waals surface area contributed by atoms with Crippen LogP contribution in [0.25, 0.3) is 0 Å². The summed E-state index contributed by atoms with van der Waals surface area (Å²) in [5.41, 5.74) is 0.138. The van der Waals surface area contributed by atoms with Crippen LogP contribution in [0.3, 0.4) is 0 Å². The summed E-state index contributed by atoms with van der Waals surface area (Å²) in [7, 11) is -4.28.